The van der Waals surface area contributed by atoms with Crippen molar-refractivity contribution in [2.75, 3.05) is 18.1 Å². The summed E-state index contributed by atoms with van der Waals surface area (Å²) in [6.45, 7) is 5.15. The Kier molecular flexibility index (Phi) is 5.59. The zero-order valence-electron chi connectivity index (χ0n) is 14.9. The fraction of sp³-hybridized carbons (Fsp3) is 0.381. The number of rotatable bonds is 7. The van der Waals surface area contributed by atoms with Crippen LogP contribution in [0, 0.1) is 0 Å². The van der Waals surface area contributed by atoms with Crippen LogP contribution < -0.4 is 14.4 Å². The van der Waals surface area contributed by atoms with E-state index in [1.54, 1.807) is 0 Å². The first-order valence-corrected chi connectivity index (χ1v) is 8.95. The van der Waals surface area contributed by atoms with Crippen molar-refractivity contribution in [3.05, 3.63) is 54.1 Å². The Morgan fingerprint density at radius 1 is 1.08 bits per heavy atom. The Morgan fingerprint density at radius 2 is 1.76 bits per heavy atom. The van der Waals surface area contributed by atoms with E-state index in [1.165, 1.54) is 5.56 Å². The minimum Gasteiger partial charge on any atom is -0.490 e. The molecule has 1 heterocycles. The maximum absolute atomic E-state index is 12.6. The molecule has 25 heavy (non-hydrogen) atoms. The van der Waals surface area contributed by atoms with Crippen LogP contribution in [0.2, 0.25) is 0 Å². The fourth-order valence-electron chi connectivity index (χ4n) is 3.32. The number of carbonyl (C=O) groups is 1. The third-order valence-corrected chi connectivity index (χ3v) is 4.42. The summed E-state index contributed by atoms with van der Waals surface area (Å²) in [4.78, 5) is 14.6. The van der Waals surface area contributed by atoms with Gasteiger partial charge in [-0.05, 0) is 50.5 Å². The maximum Gasteiger partial charge on any atom is 0.227 e. The van der Waals surface area contributed by atoms with Gasteiger partial charge in [-0.2, -0.15) is 0 Å². The number of ether oxygens (including phenoxy) is 2. The van der Waals surface area contributed by atoms with Crippen LogP contribution in [0.3, 0.4) is 0 Å². The van der Waals surface area contributed by atoms with Gasteiger partial charge in [0.2, 0.25) is 5.91 Å². The summed E-state index contributed by atoms with van der Waals surface area (Å²) in [5, 5.41) is 0. The first-order valence-electron chi connectivity index (χ1n) is 8.95. The molecule has 0 saturated heterocycles. The average molecular weight is 339 g/mol. The van der Waals surface area contributed by atoms with E-state index in [0.29, 0.717) is 26.1 Å². The number of anilines is 1. The molecule has 2 aromatic rings. The van der Waals surface area contributed by atoms with Gasteiger partial charge in [-0.3, -0.25) is 4.79 Å². The minimum absolute atomic E-state index is 0.166. The zero-order chi connectivity index (χ0) is 17.6. The summed E-state index contributed by atoms with van der Waals surface area (Å²) in [5.41, 5.74) is 2.31. The quantitative estimate of drug-likeness (QED) is 0.709. The SMILES string of the molecule is CCOc1ccccc1OCCCC(=O)N1c2ccccc2CC1C. The van der Waals surface area contributed by atoms with Gasteiger partial charge in [0.1, 0.15) is 0 Å². The van der Waals surface area contributed by atoms with E-state index in [4.69, 9.17) is 9.47 Å². The molecule has 1 atom stereocenters. The van der Waals surface area contributed by atoms with E-state index in [0.717, 1.165) is 23.6 Å². The molecule has 0 saturated carbocycles. The number of nitrogens with zero attached hydrogens (tertiary/aromatic N) is 1. The highest BCUT2D eigenvalue weighted by Gasteiger charge is 2.29. The molecule has 0 bridgehead atoms. The lowest BCUT2D eigenvalue weighted by atomic mass is 10.1. The second kappa shape index (κ2) is 8.06. The molecule has 2 aromatic carbocycles. The van der Waals surface area contributed by atoms with Crippen LogP contribution in [-0.2, 0) is 11.2 Å². The summed E-state index contributed by atoms with van der Waals surface area (Å²) in [5.74, 6) is 1.65. The van der Waals surface area contributed by atoms with Gasteiger partial charge in [0.25, 0.3) is 0 Å². The molecule has 0 aliphatic carbocycles. The van der Waals surface area contributed by atoms with Crippen molar-refractivity contribution in [2.45, 2.75) is 39.2 Å². The number of para-hydroxylation sites is 3. The highest BCUT2D eigenvalue weighted by atomic mass is 16.5. The van der Waals surface area contributed by atoms with E-state index in [1.807, 2.05) is 54.3 Å². The Labute approximate surface area is 149 Å². The lowest BCUT2D eigenvalue weighted by Crippen LogP contribution is -2.35. The zero-order valence-corrected chi connectivity index (χ0v) is 14.9. The van der Waals surface area contributed by atoms with Crippen LogP contribution in [0.25, 0.3) is 0 Å². The molecule has 0 aromatic heterocycles. The minimum atomic E-state index is 0.166. The van der Waals surface area contributed by atoms with Crippen LogP contribution >= 0.6 is 0 Å². The number of amides is 1. The van der Waals surface area contributed by atoms with Crippen LogP contribution in [0.5, 0.6) is 11.5 Å². The molecule has 1 aliphatic heterocycles. The van der Waals surface area contributed by atoms with Crippen molar-refractivity contribution in [2.24, 2.45) is 0 Å². The third-order valence-electron chi connectivity index (χ3n) is 4.42. The van der Waals surface area contributed by atoms with E-state index in [9.17, 15) is 4.79 Å². The average Bonchev–Trinajstić information content (AvgIpc) is 2.96. The van der Waals surface area contributed by atoms with E-state index < -0.39 is 0 Å². The molecule has 1 aliphatic rings. The van der Waals surface area contributed by atoms with E-state index in [-0.39, 0.29) is 11.9 Å². The Bertz CT molecular complexity index is 729. The van der Waals surface area contributed by atoms with Crippen LogP contribution in [-0.4, -0.2) is 25.2 Å². The number of hydrogen-bond acceptors (Lipinski definition) is 3. The number of hydrogen-bond donors (Lipinski definition) is 0. The molecule has 3 rings (SSSR count). The van der Waals surface area contributed by atoms with Crippen LogP contribution in [0.1, 0.15) is 32.3 Å². The van der Waals surface area contributed by atoms with Gasteiger partial charge >= 0.3 is 0 Å². The summed E-state index contributed by atoms with van der Waals surface area (Å²) < 4.78 is 11.4. The lowest BCUT2D eigenvalue weighted by Gasteiger charge is -2.22. The van der Waals surface area contributed by atoms with Crippen molar-refractivity contribution < 1.29 is 14.3 Å². The molecule has 0 N–H and O–H groups in total. The molecule has 4 nitrogen and oxygen atoms in total. The molecular weight excluding hydrogens is 314 g/mol. The third kappa shape index (κ3) is 3.95. The smallest absolute Gasteiger partial charge is 0.227 e. The standard InChI is InChI=1S/C21H25NO3/c1-3-24-19-11-6-7-12-20(19)25-14-8-13-21(23)22-16(2)15-17-9-4-5-10-18(17)22/h4-7,9-12,16H,3,8,13-15H2,1-2H3. The summed E-state index contributed by atoms with van der Waals surface area (Å²) in [6.07, 6.45) is 2.10. The van der Waals surface area contributed by atoms with E-state index >= 15 is 0 Å². The highest BCUT2D eigenvalue weighted by Crippen LogP contribution is 2.32. The molecule has 1 unspecified atom stereocenters. The Morgan fingerprint density at radius 3 is 2.52 bits per heavy atom. The molecule has 0 radical (unpaired) electrons. The lowest BCUT2D eigenvalue weighted by molar-refractivity contribution is -0.119. The fourth-order valence-corrected chi connectivity index (χ4v) is 3.32. The summed E-state index contributed by atoms with van der Waals surface area (Å²) in [6, 6.07) is 16.0. The maximum atomic E-state index is 12.6. The second-order valence-corrected chi connectivity index (χ2v) is 6.28. The van der Waals surface area contributed by atoms with Gasteiger partial charge in [0, 0.05) is 18.2 Å². The first kappa shape index (κ1) is 17.3. The number of fused-ring (bicyclic) bond motifs is 1. The first-order chi connectivity index (χ1) is 12.2. The van der Waals surface area contributed by atoms with E-state index in [2.05, 4.69) is 13.0 Å². The second-order valence-electron chi connectivity index (χ2n) is 6.28. The molecule has 4 heteroatoms. The van der Waals surface area contributed by atoms with Gasteiger partial charge in [-0.25, -0.2) is 0 Å². The topological polar surface area (TPSA) is 38.8 Å². The predicted octanol–water partition coefficient (Wildman–Crippen LogP) is 4.22. The number of benzene rings is 2. The van der Waals surface area contributed by atoms with Crippen molar-refractivity contribution in [1.82, 2.24) is 0 Å². The predicted molar refractivity (Wildman–Crippen MR) is 99.4 cm³/mol. The monoisotopic (exact) mass is 339 g/mol. The normalized spacial score (nSPS) is 15.8. The van der Waals surface area contributed by atoms with Gasteiger partial charge < -0.3 is 14.4 Å². The van der Waals surface area contributed by atoms with Gasteiger partial charge in [0.05, 0.1) is 13.2 Å². The van der Waals surface area contributed by atoms with Crippen LogP contribution in [0.15, 0.2) is 48.5 Å². The summed E-state index contributed by atoms with van der Waals surface area (Å²) in [7, 11) is 0. The van der Waals surface area contributed by atoms with Gasteiger partial charge in [-0.1, -0.05) is 30.3 Å². The Hall–Kier alpha value is -2.49. The van der Waals surface area contributed by atoms with Crippen molar-refractivity contribution >= 4 is 11.6 Å². The molecule has 0 spiro atoms. The number of carbonyl (C=O) groups excluding carboxylic acids is 1. The summed E-state index contributed by atoms with van der Waals surface area (Å²) >= 11 is 0. The van der Waals surface area contributed by atoms with Crippen molar-refractivity contribution in [3.8, 4) is 11.5 Å². The van der Waals surface area contributed by atoms with Crippen molar-refractivity contribution in [3.63, 3.8) is 0 Å². The molecule has 1 amide bonds. The molecular formula is C21H25NO3. The largest absolute Gasteiger partial charge is 0.490 e. The Balaban J connectivity index is 1.52. The molecule has 0 fully saturated rings. The van der Waals surface area contributed by atoms with Gasteiger partial charge in [-0.15, -0.1) is 0 Å². The van der Waals surface area contributed by atoms with Gasteiger partial charge in [0.15, 0.2) is 11.5 Å². The molecule has 132 valence electrons. The van der Waals surface area contributed by atoms with Crippen molar-refractivity contribution in [1.29, 1.82) is 0 Å². The highest BCUT2D eigenvalue weighted by molar-refractivity contribution is 5.96. The van der Waals surface area contributed by atoms with Crippen LogP contribution in [0.4, 0.5) is 5.69 Å².